The van der Waals surface area contributed by atoms with Crippen molar-refractivity contribution in [2.45, 2.75) is 52.8 Å². The first kappa shape index (κ1) is 17.3. The van der Waals surface area contributed by atoms with E-state index in [1.54, 1.807) is 11.8 Å². The number of hydrogen-bond donors (Lipinski definition) is 2. The fourth-order valence-electron chi connectivity index (χ4n) is 2.75. The lowest BCUT2D eigenvalue weighted by Crippen LogP contribution is -2.47. The van der Waals surface area contributed by atoms with Gasteiger partial charge in [0.05, 0.1) is 12.1 Å². The van der Waals surface area contributed by atoms with Gasteiger partial charge < -0.3 is 19.7 Å². The topological polar surface area (TPSA) is 65.7 Å². The third kappa shape index (κ3) is 3.85. The molecule has 1 heterocycles. The summed E-state index contributed by atoms with van der Waals surface area (Å²) in [6, 6.07) is 7.41. The number of carbonyl (C=O) groups is 1. The number of fused-ring (bicyclic) bond motifs is 1. The van der Waals surface area contributed by atoms with E-state index in [0.29, 0.717) is 6.54 Å². The second kappa shape index (κ2) is 7.04. The maximum absolute atomic E-state index is 12.5. The predicted molar refractivity (Wildman–Crippen MR) is 91.4 cm³/mol. The second-order valence-corrected chi connectivity index (χ2v) is 6.35. The number of benzene rings is 1. The molecule has 5 nitrogen and oxygen atoms in total. The number of furan rings is 1. The summed E-state index contributed by atoms with van der Waals surface area (Å²) in [5.41, 5.74) is 1.87. The average Bonchev–Trinajstić information content (AvgIpc) is 2.82. The molecule has 0 saturated carbocycles. The number of nitrogens with one attached hydrogen (secondary N) is 1. The van der Waals surface area contributed by atoms with Crippen LogP contribution in [0, 0.1) is 6.92 Å². The number of hydrogen-bond acceptors (Lipinski definition) is 3. The van der Waals surface area contributed by atoms with Gasteiger partial charge in [0.1, 0.15) is 11.3 Å². The minimum Gasteiger partial charge on any atom is -0.459 e. The van der Waals surface area contributed by atoms with Crippen molar-refractivity contribution in [2.75, 3.05) is 6.54 Å². The molecule has 5 heteroatoms. The number of aryl methyl sites for hydroxylation is 1. The monoisotopic (exact) mass is 318 g/mol. The van der Waals surface area contributed by atoms with E-state index in [-0.39, 0.29) is 18.1 Å². The van der Waals surface area contributed by atoms with Crippen LogP contribution in [0.15, 0.2) is 28.7 Å². The summed E-state index contributed by atoms with van der Waals surface area (Å²) >= 11 is 0. The molecular formula is C18H26N2O3. The molecule has 0 bridgehead atoms. The molecule has 2 aromatic rings. The highest BCUT2D eigenvalue weighted by atomic mass is 16.3. The third-order valence-electron chi connectivity index (χ3n) is 3.96. The van der Waals surface area contributed by atoms with Gasteiger partial charge in [-0.1, -0.05) is 18.2 Å². The zero-order valence-electron chi connectivity index (χ0n) is 14.5. The number of rotatable bonds is 5. The van der Waals surface area contributed by atoms with Crippen LogP contribution in [0.1, 0.15) is 45.1 Å². The number of urea groups is 1. The Morgan fingerprint density at radius 2 is 1.91 bits per heavy atom. The Balaban J connectivity index is 2.17. The van der Waals surface area contributed by atoms with Gasteiger partial charge in [-0.25, -0.2) is 4.79 Å². The van der Waals surface area contributed by atoms with Gasteiger partial charge >= 0.3 is 6.03 Å². The van der Waals surface area contributed by atoms with Crippen LogP contribution < -0.4 is 5.32 Å². The fourth-order valence-corrected chi connectivity index (χ4v) is 2.75. The molecule has 0 spiro atoms. The lowest BCUT2D eigenvalue weighted by Gasteiger charge is -2.29. The predicted octanol–water partition coefficient (Wildman–Crippen LogP) is 3.60. The first-order valence-corrected chi connectivity index (χ1v) is 8.04. The summed E-state index contributed by atoms with van der Waals surface area (Å²) < 4.78 is 5.90. The number of carbonyl (C=O) groups excluding carboxylic acids is 1. The van der Waals surface area contributed by atoms with Crippen molar-refractivity contribution < 1.29 is 14.3 Å². The van der Waals surface area contributed by atoms with Crippen LogP contribution in [0.3, 0.4) is 0 Å². The molecule has 126 valence electrons. The fraction of sp³-hybridized carbons (Fsp3) is 0.500. The van der Waals surface area contributed by atoms with Crippen LogP contribution in [-0.2, 0) is 0 Å². The molecule has 0 aliphatic carbocycles. The highest BCUT2D eigenvalue weighted by molar-refractivity contribution is 5.82. The average molecular weight is 318 g/mol. The van der Waals surface area contributed by atoms with Crippen LogP contribution in [-0.4, -0.2) is 34.7 Å². The number of aliphatic hydroxyl groups is 1. The van der Waals surface area contributed by atoms with E-state index in [9.17, 15) is 9.90 Å². The first-order valence-electron chi connectivity index (χ1n) is 8.04. The van der Waals surface area contributed by atoms with Crippen molar-refractivity contribution in [3.63, 3.8) is 0 Å². The molecule has 2 amide bonds. The van der Waals surface area contributed by atoms with E-state index in [4.69, 9.17) is 4.42 Å². The van der Waals surface area contributed by atoms with E-state index in [2.05, 4.69) is 5.32 Å². The molecule has 1 aromatic carbocycles. The highest BCUT2D eigenvalue weighted by Gasteiger charge is 2.23. The molecular weight excluding hydrogens is 292 g/mol. The summed E-state index contributed by atoms with van der Waals surface area (Å²) in [6.45, 7) is 9.74. The largest absolute Gasteiger partial charge is 0.459 e. The standard InChI is InChI=1S/C18H26N2O3/c1-11(2)20(10-12(3)21)18(22)19-14(5)17-13(4)15-8-6-7-9-16(15)23-17/h6-9,11-12,14,21H,10H2,1-5H3,(H,19,22). The lowest BCUT2D eigenvalue weighted by molar-refractivity contribution is 0.117. The van der Waals surface area contributed by atoms with Crippen molar-refractivity contribution in [2.24, 2.45) is 0 Å². The van der Waals surface area contributed by atoms with Gasteiger partial charge in [0.15, 0.2) is 0 Å². The molecule has 0 fully saturated rings. The lowest BCUT2D eigenvalue weighted by atomic mass is 10.1. The van der Waals surface area contributed by atoms with E-state index >= 15 is 0 Å². The van der Waals surface area contributed by atoms with Gasteiger partial charge in [-0.3, -0.25) is 0 Å². The molecule has 2 atom stereocenters. The number of para-hydroxylation sites is 1. The van der Waals surface area contributed by atoms with Crippen LogP contribution >= 0.6 is 0 Å². The van der Waals surface area contributed by atoms with Crippen LogP contribution in [0.2, 0.25) is 0 Å². The van der Waals surface area contributed by atoms with E-state index in [1.807, 2.05) is 52.0 Å². The molecule has 2 unspecified atom stereocenters. The summed E-state index contributed by atoms with van der Waals surface area (Å²) in [4.78, 5) is 14.1. The van der Waals surface area contributed by atoms with Crippen molar-refractivity contribution in [3.8, 4) is 0 Å². The summed E-state index contributed by atoms with van der Waals surface area (Å²) in [7, 11) is 0. The van der Waals surface area contributed by atoms with Gasteiger partial charge in [-0.15, -0.1) is 0 Å². The van der Waals surface area contributed by atoms with Crippen LogP contribution in [0.5, 0.6) is 0 Å². The van der Waals surface area contributed by atoms with Crippen molar-refractivity contribution in [1.82, 2.24) is 10.2 Å². The second-order valence-electron chi connectivity index (χ2n) is 6.35. The molecule has 23 heavy (non-hydrogen) atoms. The molecule has 1 aromatic heterocycles. The Labute approximate surface area is 137 Å². The minimum atomic E-state index is -0.564. The highest BCUT2D eigenvalue weighted by Crippen LogP contribution is 2.29. The zero-order chi connectivity index (χ0) is 17.1. The smallest absolute Gasteiger partial charge is 0.318 e. The maximum Gasteiger partial charge on any atom is 0.318 e. The normalized spacial score (nSPS) is 14.0. The Kier molecular flexibility index (Phi) is 5.31. The Morgan fingerprint density at radius 3 is 2.48 bits per heavy atom. The minimum absolute atomic E-state index is 0.00794. The van der Waals surface area contributed by atoms with E-state index in [0.717, 1.165) is 22.3 Å². The molecule has 0 aliphatic heterocycles. The number of nitrogens with zero attached hydrogens (tertiary/aromatic N) is 1. The summed E-state index contributed by atoms with van der Waals surface area (Å²) in [6.07, 6.45) is -0.564. The molecule has 0 radical (unpaired) electrons. The SMILES string of the molecule is Cc1c(C(C)NC(=O)N(CC(C)O)C(C)C)oc2ccccc12. The van der Waals surface area contributed by atoms with Crippen LogP contribution in [0.4, 0.5) is 4.79 Å². The van der Waals surface area contributed by atoms with E-state index < -0.39 is 6.10 Å². The van der Waals surface area contributed by atoms with Gasteiger partial charge in [0.25, 0.3) is 0 Å². The van der Waals surface area contributed by atoms with Crippen molar-refractivity contribution >= 4 is 17.0 Å². The summed E-state index contributed by atoms with van der Waals surface area (Å²) in [5.74, 6) is 0.764. The third-order valence-corrected chi connectivity index (χ3v) is 3.96. The summed E-state index contributed by atoms with van der Waals surface area (Å²) in [5, 5.41) is 13.6. The van der Waals surface area contributed by atoms with Gasteiger partial charge in [0, 0.05) is 23.5 Å². The van der Waals surface area contributed by atoms with Crippen molar-refractivity contribution in [3.05, 3.63) is 35.6 Å². The van der Waals surface area contributed by atoms with Gasteiger partial charge in [-0.05, 0) is 40.7 Å². The zero-order valence-corrected chi connectivity index (χ0v) is 14.5. The Hall–Kier alpha value is -2.01. The first-order chi connectivity index (χ1) is 10.8. The molecule has 2 N–H and O–H groups in total. The van der Waals surface area contributed by atoms with Gasteiger partial charge in [-0.2, -0.15) is 0 Å². The van der Waals surface area contributed by atoms with E-state index in [1.165, 1.54) is 0 Å². The molecule has 0 aliphatic rings. The quantitative estimate of drug-likeness (QED) is 0.885. The van der Waals surface area contributed by atoms with Crippen molar-refractivity contribution in [1.29, 1.82) is 0 Å². The number of aliphatic hydroxyl groups excluding tert-OH is 1. The molecule has 0 saturated heterocycles. The molecule has 2 rings (SSSR count). The van der Waals surface area contributed by atoms with Crippen LogP contribution in [0.25, 0.3) is 11.0 Å². The van der Waals surface area contributed by atoms with Gasteiger partial charge in [0.2, 0.25) is 0 Å². The Bertz CT molecular complexity index is 676. The maximum atomic E-state index is 12.5. The number of amides is 2. The Morgan fingerprint density at radius 1 is 1.26 bits per heavy atom.